The van der Waals surface area contributed by atoms with Crippen molar-refractivity contribution >= 4 is 11.6 Å². The predicted molar refractivity (Wildman–Crippen MR) is 122 cm³/mol. The van der Waals surface area contributed by atoms with Crippen molar-refractivity contribution in [1.82, 2.24) is 34.3 Å². The van der Waals surface area contributed by atoms with Gasteiger partial charge < -0.3 is 10.5 Å². The lowest BCUT2D eigenvalue weighted by Gasteiger charge is -2.12. The van der Waals surface area contributed by atoms with E-state index in [9.17, 15) is 14.4 Å². The summed E-state index contributed by atoms with van der Waals surface area (Å²) in [6, 6.07) is 14.5. The van der Waals surface area contributed by atoms with Gasteiger partial charge in [0.2, 0.25) is 5.95 Å². The number of nitrogens with zero attached hydrogens (tertiary/aromatic N) is 8. The number of nitrogen functional groups attached to an aromatic ring is 1. The Balaban J connectivity index is 1.70. The van der Waals surface area contributed by atoms with Crippen LogP contribution in [0.15, 0.2) is 59.5 Å². The Morgan fingerprint density at radius 3 is 2.77 bits per heavy atom. The minimum Gasteiger partial charge on any atom is -0.456 e. The molecule has 0 aliphatic heterocycles. The molecule has 4 aromatic heterocycles. The van der Waals surface area contributed by atoms with Gasteiger partial charge in [-0.15, -0.1) is 5.10 Å². The molecule has 4 heterocycles. The van der Waals surface area contributed by atoms with Gasteiger partial charge in [0.15, 0.2) is 5.65 Å². The molecule has 0 atom stereocenters. The first-order chi connectivity index (χ1) is 16.9. The number of anilines is 1. The van der Waals surface area contributed by atoms with E-state index >= 15 is 0 Å². The minimum absolute atomic E-state index is 0.00250. The van der Waals surface area contributed by atoms with E-state index < -0.39 is 5.82 Å². The highest BCUT2D eigenvalue weighted by atomic mass is 19.1. The quantitative estimate of drug-likeness (QED) is 0.408. The summed E-state index contributed by atoms with van der Waals surface area (Å²) in [5.74, 6) is -0.524. The highest BCUT2D eigenvalue weighted by Gasteiger charge is 2.22. The van der Waals surface area contributed by atoms with Crippen LogP contribution in [0, 0.1) is 17.1 Å². The molecule has 0 saturated heterocycles. The smallest absolute Gasteiger partial charge is 0.336 e. The largest absolute Gasteiger partial charge is 0.456 e. The molecule has 35 heavy (non-hydrogen) atoms. The van der Waals surface area contributed by atoms with Gasteiger partial charge in [-0.1, -0.05) is 12.1 Å². The molecule has 0 aliphatic rings. The minimum atomic E-state index is -0.521. The summed E-state index contributed by atoms with van der Waals surface area (Å²) in [4.78, 5) is 24.8. The molecule has 12 heteroatoms. The second kappa shape index (κ2) is 8.64. The zero-order valence-electron chi connectivity index (χ0n) is 18.3. The summed E-state index contributed by atoms with van der Waals surface area (Å²) in [6.45, 7) is -0.207. The number of ether oxygens (including phenoxy) is 1. The Bertz CT molecular complexity index is 1690. The summed E-state index contributed by atoms with van der Waals surface area (Å²) in [7, 11) is 1.52. The van der Waals surface area contributed by atoms with Gasteiger partial charge in [0.25, 0.3) is 5.56 Å². The summed E-state index contributed by atoms with van der Waals surface area (Å²) >= 11 is 0. The van der Waals surface area contributed by atoms with Gasteiger partial charge >= 0.3 is 6.01 Å². The summed E-state index contributed by atoms with van der Waals surface area (Å²) in [5, 5.41) is 17.9. The Labute approximate surface area is 196 Å². The second-order valence-corrected chi connectivity index (χ2v) is 7.42. The molecule has 0 unspecified atom stereocenters. The maximum absolute atomic E-state index is 13.9. The third-order valence-corrected chi connectivity index (χ3v) is 5.15. The van der Waals surface area contributed by atoms with Crippen molar-refractivity contribution in [3.05, 3.63) is 82.2 Å². The Kier molecular flexibility index (Phi) is 5.34. The number of nitriles is 1. The predicted octanol–water partition coefficient (Wildman–Crippen LogP) is 2.12. The average Bonchev–Trinajstić information content (AvgIpc) is 3.30. The lowest BCUT2D eigenvalue weighted by molar-refractivity contribution is 0.271. The third-order valence-electron chi connectivity index (χ3n) is 5.15. The lowest BCUT2D eigenvalue weighted by atomic mass is 10.0. The topological polar surface area (TPSA) is 150 Å². The number of fused-ring (bicyclic) bond motifs is 1. The van der Waals surface area contributed by atoms with E-state index in [4.69, 9.17) is 10.5 Å². The maximum Gasteiger partial charge on any atom is 0.336 e. The van der Waals surface area contributed by atoms with Crippen LogP contribution in [-0.2, 0) is 13.7 Å². The molecule has 0 fully saturated rings. The van der Waals surface area contributed by atoms with Crippen molar-refractivity contribution < 1.29 is 9.13 Å². The van der Waals surface area contributed by atoms with Crippen molar-refractivity contribution in [2.75, 3.05) is 5.73 Å². The number of benzene rings is 1. The van der Waals surface area contributed by atoms with Crippen LogP contribution in [0.4, 0.5) is 10.3 Å². The molecular formula is C23H16FN9O2. The number of halogens is 1. The fourth-order valence-electron chi connectivity index (χ4n) is 3.47. The van der Waals surface area contributed by atoms with E-state index in [1.807, 2.05) is 0 Å². The molecule has 0 radical (unpaired) electrons. The first kappa shape index (κ1) is 21.7. The number of aromatic nitrogens is 7. The van der Waals surface area contributed by atoms with Gasteiger partial charge in [0.1, 0.15) is 18.1 Å². The van der Waals surface area contributed by atoms with Gasteiger partial charge in [-0.05, 0) is 30.3 Å². The van der Waals surface area contributed by atoms with E-state index in [2.05, 4.69) is 31.2 Å². The fraction of sp³-hybridized carbons (Fsp3) is 0.0870. The highest BCUT2D eigenvalue weighted by Crippen LogP contribution is 2.34. The first-order valence-electron chi connectivity index (χ1n) is 10.3. The van der Waals surface area contributed by atoms with Gasteiger partial charge in [0.05, 0.1) is 28.6 Å². The van der Waals surface area contributed by atoms with Crippen LogP contribution in [0.5, 0.6) is 6.01 Å². The van der Waals surface area contributed by atoms with Crippen molar-refractivity contribution in [3.63, 3.8) is 0 Å². The maximum atomic E-state index is 13.9. The van der Waals surface area contributed by atoms with Gasteiger partial charge in [0, 0.05) is 24.9 Å². The number of pyridine rings is 1. The monoisotopic (exact) mass is 469 g/mol. The van der Waals surface area contributed by atoms with Crippen LogP contribution in [0.25, 0.3) is 28.2 Å². The molecule has 5 rings (SSSR count). The summed E-state index contributed by atoms with van der Waals surface area (Å²) in [6.07, 6.45) is 1.45. The van der Waals surface area contributed by atoms with E-state index in [1.54, 1.807) is 24.3 Å². The molecule has 0 aliphatic carbocycles. The first-order valence-corrected chi connectivity index (χ1v) is 10.3. The molecule has 0 spiro atoms. The van der Waals surface area contributed by atoms with Crippen LogP contribution < -0.4 is 16.0 Å². The second-order valence-electron chi connectivity index (χ2n) is 7.42. The SMILES string of the molecule is Cn1nc(-c2c(-c3cccc(C#N)c3)nc(N)n3nc(OCc4ncccc4F)nc23)ccc1=O. The molecule has 172 valence electrons. The van der Waals surface area contributed by atoms with Gasteiger partial charge in [-0.25, -0.2) is 14.1 Å². The standard InChI is InChI=1S/C23H16FN9O2/c1-32-18(34)8-7-16(30-32)19-20(14-5-2-4-13(10-14)11-25)28-22(26)33-21(19)29-23(31-33)35-12-17-15(24)6-3-9-27-17/h2-10H,12H2,1H3,(H2,26,28). The molecule has 1 aromatic carbocycles. The fourth-order valence-corrected chi connectivity index (χ4v) is 3.47. The summed E-state index contributed by atoms with van der Waals surface area (Å²) in [5.41, 5.74) is 8.40. The van der Waals surface area contributed by atoms with Crippen LogP contribution in [0.3, 0.4) is 0 Å². The highest BCUT2D eigenvalue weighted by molar-refractivity contribution is 5.89. The molecule has 0 bridgehead atoms. The Morgan fingerprint density at radius 1 is 1.14 bits per heavy atom. The van der Waals surface area contributed by atoms with Gasteiger partial charge in [-0.3, -0.25) is 9.78 Å². The molecule has 5 aromatic rings. The van der Waals surface area contributed by atoms with E-state index in [-0.39, 0.29) is 35.5 Å². The van der Waals surface area contributed by atoms with Crippen LogP contribution in [0.1, 0.15) is 11.3 Å². The van der Waals surface area contributed by atoms with E-state index in [1.165, 1.54) is 46.7 Å². The number of hydrogen-bond donors (Lipinski definition) is 1. The molecule has 11 nitrogen and oxygen atoms in total. The summed E-state index contributed by atoms with van der Waals surface area (Å²) < 4.78 is 22.0. The average molecular weight is 469 g/mol. The molecule has 0 saturated carbocycles. The van der Waals surface area contributed by atoms with Crippen LogP contribution in [-0.4, -0.2) is 34.3 Å². The number of hydrogen-bond acceptors (Lipinski definition) is 9. The van der Waals surface area contributed by atoms with Gasteiger partial charge in [-0.2, -0.15) is 19.9 Å². The van der Waals surface area contributed by atoms with Crippen molar-refractivity contribution in [2.45, 2.75) is 6.61 Å². The molecule has 0 amide bonds. The van der Waals surface area contributed by atoms with Crippen molar-refractivity contribution in [1.29, 1.82) is 5.26 Å². The van der Waals surface area contributed by atoms with E-state index in [0.717, 1.165) is 0 Å². The van der Waals surface area contributed by atoms with Crippen molar-refractivity contribution in [2.24, 2.45) is 7.05 Å². The van der Waals surface area contributed by atoms with Crippen molar-refractivity contribution in [3.8, 4) is 34.6 Å². The molecule has 2 N–H and O–H groups in total. The third kappa shape index (κ3) is 4.02. The normalized spacial score (nSPS) is 10.9. The zero-order chi connectivity index (χ0) is 24.5. The molecular weight excluding hydrogens is 453 g/mol. The Morgan fingerprint density at radius 2 is 2.00 bits per heavy atom. The Hall–Kier alpha value is -5.18. The number of rotatable bonds is 5. The van der Waals surface area contributed by atoms with E-state index in [0.29, 0.717) is 28.1 Å². The zero-order valence-corrected chi connectivity index (χ0v) is 18.3. The number of nitrogens with two attached hydrogens (primary N) is 1. The number of aryl methyl sites for hydroxylation is 1. The van der Waals surface area contributed by atoms with Crippen LogP contribution >= 0.6 is 0 Å². The lowest BCUT2D eigenvalue weighted by Crippen LogP contribution is -2.18. The van der Waals surface area contributed by atoms with Crippen LogP contribution in [0.2, 0.25) is 0 Å².